The highest BCUT2D eigenvalue weighted by molar-refractivity contribution is 5.85. The van der Waals surface area contributed by atoms with Crippen LogP contribution in [0.15, 0.2) is 4.52 Å². The molecule has 2 aliphatic rings. The summed E-state index contributed by atoms with van der Waals surface area (Å²) in [6.45, 7) is 3.33. The van der Waals surface area contributed by atoms with E-state index in [9.17, 15) is 0 Å². The first-order chi connectivity index (χ1) is 9.67. The molecular formula is C14H24ClN3O3. The summed E-state index contributed by atoms with van der Waals surface area (Å²) < 4.78 is 16.7. The summed E-state index contributed by atoms with van der Waals surface area (Å²) >= 11 is 0. The average molecular weight is 318 g/mol. The molecule has 21 heavy (non-hydrogen) atoms. The highest BCUT2D eigenvalue weighted by Gasteiger charge is 2.39. The van der Waals surface area contributed by atoms with E-state index in [2.05, 4.69) is 10.1 Å². The number of hydrogen-bond donors (Lipinski definition) is 1. The molecular weight excluding hydrogens is 294 g/mol. The van der Waals surface area contributed by atoms with Crippen LogP contribution in [0, 0.1) is 0 Å². The number of aromatic nitrogens is 2. The van der Waals surface area contributed by atoms with Gasteiger partial charge in [0.15, 0.2) is 5.82 Å². The van der Waals surface area contributed by atoms with Crippen molar-refractivity contribution in [3.05, 3.63) is 11.7 Å². The lowest BCUT2D eigenvalue weighted by Gasteiger charge is -2.34. The summed E-state index contributed by atoms with van der Waals surface area (Å²) in [5.74, 6) is 1.12. The second kappa shape index (κ2) is 7.05. The van der Waals surface area contributed by atoms with Gasteiger partial charge < -0.3 is 19.7 Å². The molecule has 0 amide bonds. The predicted octanol–water partition coefficient (Wildman–Crippen LogP) is 2.48. The number of rotatable bonds is 5. The lowest BCUT2D eigenvalue weighted by atomic mass is 9.77. The molecule has 1 aliphatic heterocycles. The molecule has 6 nitrogen and oxygen atoms in total. The normalized spacial score (nSPS) is 25.7. The third-order valence-corrected chi connectivity index (χ3v) is 4.29. The Morgan fingerprint density at radius 1 is 1.38 bits per heavy atom. The summed E-state index contributed by atoms with van der Waals surface area (Å²) in [7, 11) is 0. The van der Waals surface area contributed by atoms with Crippen LogP contribution in [0.3, 0.4) is 0 Å². The van der Waals surface area contributed by atoms with Gasteiger partial charge in [0.05, 0.1) is 18.2 Å². The van der Waals surface area contributed by atoms with E-state index < -0.39 is 0 Å². The van der Waals surface area contributed by atoms with E-state index in [0.717, 1.165) is 38.7 Å². The molecule has 1 aliphatic carbocycles. The minimum absolute atomic E-state index is 0. The first-order valence-corrected chi connectivity index (χ1v) is 7.53. The second-order valence-corrected chi connectivity index (χ2v) is 5.93. The van der Waals surface area contributed by atoms with E-state index in [4.69, 9.17) is 19.7 Å². The molecule has 3 rings (SSSR count). The van der Waals surface area contributed by atoms with Crippen molar-refractivity contribution in [1.82, 2.24) is 10.1 Å². The summed E-state index contributed by atoms with van der Waals surface area (Å²) in [5.41, 5.74) is 5.80. The van der Waals surface area contributed by atoms with E-state index in [1.807, 2.05) is 6.92 Å². The highest BCUT2D eigenvalue weighted by atomic mass is 35.5. The van der Waals surface area contributed by atoms with Gasteiger partial charge in [-0.1, -0.05) is 5.16 Å². The average Bonchev–Trinajstić information content (AvgIpc) is 2.93. The zero-order chi connectivity index (χ0) is 14.0. The van der Waals surface area contributed by atoms with Gasteiger partial charge in [-0.15, -0.1) is 12.4 Å². The van der Waals surface area contributed by atoms with Crippen molar-refractivity contribution >= 4 is 12.4 Å². The quantitative estimate of drug-likeness (QED) is 0.898. The van der Waals surface area contributed by atoms with Crippen LogP contribution in [0.25, 0.3) is 0 Å². The maximum Gasteiger partial charge on any atom is 0.255 e. The van der Waals surface area contributed by atoms with Crippen molar-refractivity contribution in [2.24, 2.45) is 5.73 Å². The fraction of sp³-hybridized carbons (Fsp3) is 0.857. The number of halogens is 1. The molecule has 2 atom stereocenters. The van der Waals surface area contributed by atoms with Crippen molar-refractivity contribution < 1.29 is 14.0 Å². The highest BCUT2D eigenvalue weighted by Crippen LogP contribution is 2.37. The molecule has 0 radical (unpaired) electrons. The van der Waals surface area contributed by atoms with Crippen LogP contribution in [0.2, 0.25) is 0 Å². The molecule has 1 saturated heterocycles. The Kier molecular flexibility index (Phi) is 5.60. The van der Waals surface area contributed by atoms with Crippen LogP contribution in [0.4, 0.5) is 0 Å². The first kappa shape index (κ1) is 16.7. The van der Waals surface area contributed by atoms with Gasteiger partial charge in [-0.2, -0.15) is 4.98 Å². The smallest absolute Gasteiger partial charge is 0.255 e. The lowest BCUT2D eigenvalue weighted by molar-refractivity contribution is -0.0656. The molecule has 2 fully saturated rings. The summed E-state index contributed by atoms with van der Waals surface area (Å²) in [5, 5.41) is 4.00. The molecule has 2 unspecified atom stereocenters. The minimum Gasteiger partial charge on any atom is -0.376 e. The van der Waals surface area contributed by atoms with Gasteiger partial charge in [-0.25, -0.2) is 0 Å². The van der Waals surface area contributed by atoms with Gasteiger partial charge in [-0.3, -0.25) is 0 Å². The predicted molar refractivity (Wildman–Crippen MR) is 79.2 cm³/mol. The molecule has 1 saturated carbocycles. The Morgan fingerprint density at radius 3 is 2.81 bits per heavy atom. The lowest BCUT2D eigenvalue weighted by Crippen LogP contribution is -2.44. The number of nitrogens with zero attached hydrogens (tertiary/aromatic N) is 2. The first-order valence-electron chi connectivity index (χ1n) is 7.53. The molecule has 0 bridgehead atoms. The molecule has 1 aromatic heterocycles. The third-order valence-electron chi connectivity index (χ3n) is 4.29. The third kappa shape index (κ3) is 3.74. The van der Waals surface area contributed by atoms with Crippen molar-refractivity contribution in [3.63, 3.8) is 0 Å². The minimum atomic E-state index is -0.381. The SMILES string of the molecule is CC(OCC1CCCCO1)c1nc(C2(N)CCC2)no1.Cl. The zero-order valence-electron chi connectivity index (χ0n) is 12.4. The van der Waals surface area contributed by atoms with E-state index in [-0.39, 0.29) is 30.2 Å². The van der Waals surface area contributed by atoms with Gasteiger partial charge in [0.25, 0.3) is 5.89 Å². The maximum absolute atomic E-state index is 6.18. The monoisotopic (exact) mass is 317 g/mol. The van der Waals surface area contributed by atoms with E-state index in [0.29, 0.717) is 18.3 Å². The molecule has 2 N–H and O–H groups in total. The largest absolute Gasteiger partial charge is 0.376 e. The Bertz CT molecular complexity index is 444. The molecule has 2 heterocycles. The van der Waals surface area contributed by atoms with Gasteiger partial charge >= 0.3 is 0 Å². The van der Waals surface area contributed by atoms with Crippen LogP contribution < -0.4 is 5.73 Å². The Balaban J connectivity index is 0.00000161. The van der Waals surface area contributed by atoms with Crippen molar-refractivity contribution in [1.29, 1.82) is 0 Å². The zero-order valence-corrected chi connectivity index (χ0v) is 13.2. The number of hydrogen-bond acceptors (Lipinski definition) is 6. The Labute approximate surface area is 131 Å². The molecule has 7 heteroatoms. The summed E-state index contributed by atoms with van der Waals surface area (Å²) in [6.07, 6.45) is 6.39. The van der Waals surface area contributed by atoms with E-state index in [1.165, 1.54) is 6.42 Å². The summed E-state index contributed by atoms with van der Waals surface area (Å²) in [6, 6.07) is 0. The van der Waals surface area contributed by atoms with Crippen LogP contribution in [0.1, 0.15) is 63.3 Å². The van der Waals surface area contributed by atoms with Crippen LogP contribution in [-0.2, 0) is 15.0 Å². The van der Waals surface area contributed by atoms with Crippen LogP contribution in [0.5, 0.6) is 0 Å². The maximum atomic E-state index is 6.18. The van der Waals surface area contributed by atoms with Gasteiger partial charge in [0.2, 0.25) is 0 Å². The van der Waals surface area contributed by atoms with Crippen LogP contribution in [-0.4, -0.2) is 29.5 Å². The second-order valence-electron chi connectivity index (χ2n) is 5.93. The standard InChI is InChI=1S/C14H23N3O3.ClH/c1-10(19-9-11-5-2-3-8-18-11)12-16-13(17-20-12)14(15)6-4-7-14;/h10-11H,2-9,15H2,1H3;1H. The van der Waals surface area contributed by atoms with E-state index >= 15 is 0 Å². The van der Waals surface area contributed by atoms with Crippen molar-refractivity contribution in [2.75, 3.05) is 13.2 Å². The summed E-state index contributed by atoms with van der Waals surface area (Å²) in [4.78, 5) is 4.40. The topological polar surface area (TPSA) is 83.4 Å². The van der Waals surface area contributed by atoms with Gasteiger partial charge in [0, 0.05) is 6.61 Å². The van der Waals surface area contributed by atoms with E-state index in [1.54, 1.807) is 0 Å². The Hall–Kier alpha value is -0.690. The van der Waals surface area contributed by atoms with Crippen molar-refractivity contribution in [2.45, 2.75) is 63.2 Å². The molecule has 0 aromatic carbocycles. The molecule has 120 valence electrons. The van der Waals surface area contributed by atoms with Crippen molar-refractivity contribution in [3.8, 4) is 0 Å². The number of ether oxygens (including phenoxy) is 2. The van der Waals surface area contributed by atoms with Crippen LogP contribution >= 0.6 is 12.4 Å². The van der Waals surface area contributed by atoms with Gasteiger partial charge in [-0.05, 0) is 45.4 Å². The Morgan fingerprint density at radius 2 is 2.19 bits per heavy atom. The fourth-order valence-electron chi connectivity index (χ4n) is 2.65. The molecule has 0 spiro atoms. The number of nitrogens with two attached hydrogens (primary N) is 1. The van der Waals surface area contributed by atoms with Gasteiger partial charge in [0.1, 0.15) is 6.10 Å². The fourth-order valence-corrected chi connectivity index (χ4v) is 2.65. The molecule has 1 aromatic rings.